The predicted octanol–water partition coefficient (Wildman–Crippen LogP) is 2.12. The summed E-state index contributed by atoms with van der Waals surface area (Å²) < 4.78 is 10.7. The fourth-order valence-electron chi connectivity index (χ4n) is 4.00. The van der Waals surface area contributed by atoms with Crippen LogP contribution in [0.1, 0.15) is 25.7 Å². The van der Waals surface area contributed by atoms with Gasteiger partial charge in [-0.15, -0.1) is 0 Å². The lowest BCUT2D eigenvalue weighted by Gasteiger charge is -2.52. The molecule has 4 saturated carbocycles. The van der Waals surface area contributed by atoms with Crippen molar-refractivity contribution in [1.29, 1.82) is 0 Å². The van der Waals surface area contributed by atoms with Gasteiger partial charge in [-0.05, 0) is 37.5 Å². The zero-order valence-electron chi connectivity index (χ0n) is 9.43. The van der Waals surface area contributed by atoms with Gasteiger partial charge in [0.25, 0.3) is 0 Å². The molecule has 0 aromatic heterocycles. The average Bonchev–Trinajstić information content (AvgIpc) is 2.28. The van der Waals surface area contributed by atoms with E-state index in [-0.39, 0.29) is 18.8 Å². The van der Waals surface area contributed by atoms with E-state index in [2.05, 4.69) is 6.58 Å². The molecule has 4 fully saturated rings. The standard InChI is InChI=1S/C13H18O3/c1-2-15-7-16-13-10-4-8-3-9(6-10)12(14)11(13)5-8/h2,8-11,13H,1,3-7H2. The molecule has 88 valence electrons. The number of hydrogen-bond donors (Lipinski definition) is 0. The van der Waals surface area contributed by atoms with Gasteiger partial charge in [0.05, 0.1) is 12.4 Å². The summed E-state index contributed by atoms with van der Waals surface area (Å²) in [5.41, 5.74) is 0. The lowest BCUT2D eigenvalue weighted by atomic mass is 9.54. The van der Waals surface area contributed by atoms with Gasteiger partial charge in [0.1, 0.15) is 5.78 Å². The topological polar surface area (TPSA) is 35.5 Å². The molecular formula is C13H18O3. The van der Waals surface area contributed by atoms with Crippen LogP contribution in [0, 0.1) is 23.7 Å². The normalized spacial score (nSPS) is 44.8. The van der Waals surface area contributed by atoms with E-state index in [4.69, 9.17) is 9.47 Å². The maximum Gasteiger partial charge on any atom is 0.188 e. The van der Waals surface area contributed by atoms with Gasteiger partial charge in [-0.2, -0.15) is 0 Å². The summed E-state index contributed by atoms with van der Waals surface area (Å²) in [6, 6.07) is 0. The quantitative estimate of drug-likeness (QED) is 0.415. The second-order valence-electron chi connectivity index (χ2n) is 5.36. The van der Waals surface area contributed by atoms with Crippen LogP contribution in [0.5, 0.6) is 0 Å². The van der Waals surface area contributed by atoms with Crippen LogP contribution in [0.2, 0.25) is 0 Å². The molecule has 0 spiro atoms. The maximum absolute atomic E-state index is 12.1. The molecule has 4 rings (SSSR count). The molecule has 4 aliphatic rings. The van der Waals surface area contributed by atoms with E-state index in [0.717, 1.165) is 25.2 Å². The van der Waals surface area contributed by atoms with E-state index in [1.165, 1.54) is 12.7 Å². The fourth-order valence-corrected chi connectivity index (χ4v) is 4.00. The molecule has 0 aliphatic heterocycles. The minimum absolute atomic E-state index is 0.111. The zero-order chi connectivity index (χ0) is 11.1. The minimum atomic E-state index is 0.111. The number of carbonyl (C=O) groups excluding carboxylic acids is 1. The Morgan fingerprint density at radius 3 is 3.00 bits per heavy atom. The average molecular weight is 222 g/mol. The second-order valence-corrected chi connectivity index (χ2v) is 5.36. The molecule has 0 aromatic rings. The van der Waals surface area contributed by atoms with E-state index in [1.807, 2.05) is 0 Å². The monoisotopic (exact) mass is 222 g/mol. The van der Waals surface area contributed by atoms with Gasteiger partial charge >= 0.3 is 0 Å². The Morgan fingerprint density at radius 2 is 2.19 bits per heavy atom. The summed E-state index contributed by atoms with van der Waals surface area (Å²) in [6.45, 7) is 3.72. The maximum atomic E-state index is 12.1. The molecule has 3 nitrogen and oxygen atoms in total. The van der Waals surface area contributed by atoms with Crippen LogP contribution in [-0.4, -0.2) is 18.7 Å². The fraction of sp³-hybridized carbons (Fsp3) is 0.769. The summed E-state index contributed by atoms with van der Waals surface area (Å²) in [7, 11) is 0. The molecule has 16 heavy (non-hydrogen) atoms. The lowest BCUT2D eigenvalue weighted by Crippen LogP contribution is -2.54. The zero-order valence-corrected chi connectivity index (χ0v) is 9.43. The first-order valence-corrected chi connectivity index (χ1v) is 6.17. The van der Waals surface area contributed by atoms with E-state index in [0.29, 0.717) is 17.6 Å². The van der Waals surface area contributed by atoms with Crippen LogP contribution >= 0.6 is 0 Å². The van der Waals surface area contributed by atoms with E-state index >= 15 is 0 Å². The highest BCUT2D eigenvalue weighted by atomic mass is 16.7. The summed E-state index contributed by atoms with van der Waals surface area (Å²) in [5.74, 6) is 2.34. The van der Waals surface area contributed by atoms with Crippen molar-refractivity contribution in [2.24, 2.45) is 23.7 Å². The molecule has 5 atom stereocenters. The summed E-state index contributed by atoms with van der Waals surface area (Å²) in [4.78, 5) is 12.1. The highest BCUT2D eigenvalue weighted by Crippen LogP contribution is 2.52. The summed E-state index contributed by atoms with van der Waals surface area (Å²) in [6.07, 6.45) is 5.98. The molecule has 3 heteroatoms. The molecule has 5 unspecified atom stereocenters. The van der Waals surface area contributed by atoms with E-state index in [9.17, 15) is 4.79 Å². The van der Waals surface area contributed by atoms with Crippen molar-refractivity contribution in [3.05, 3.63) is 12.8 Å². The number of Topliss-reactive ketones (excluding diaryl/α,β-unsaturated/α-hetero) is 1. The first-order chi connectivity index (χ1) is 7.79. The van der Waals surface area contributed by atoms with Crippen LogP contribution in [0.3, 0.4) is 0 Å². The van der Waals surface area contributed by atoms with Crippen molar-refractivity contribution in [2.75, 3.05) is 6.79 Å². The van der Waals surface area contributed by atoms with Crippen molar-refractivity contribution in [1.82, 2.24) is 0 Å². The molecular weight excluding hydrogens is 204 g/mol. The van der Waals surface area contributed by atoms with Gasteiger partial charge in [0.2, 0.25) is 0 Å². The number of rotatable bonds is 4. The number of hydrogen-bond acceptors (Lipinski definition) is 3. The van der Waals surface area contributed by atoms with E-state index in [1.54, 1.807) is 0 Å². The van der Waals surface area contributed by atoms with Crippen LogP contribution in [0.15, 0.2) is 12.8 Å². The van der Waals surface area contributed by atoms with Crippen molar-refractivity contribution in [2.45, 2.75) is 31.8 Å². The molecule has 0 heterocycles. The highest BCUT2D eigenvalue weighted by Gasteiger charge is 2.53. The molecule has 0 N–H and O–H groups in total. The van der Waals surface area contributed by atoms with Gasteiger partial charge < -0.3 is 9.47 Å². The minimum Gasteiger partial charge on any atom is -0.476 e. The molecule has 0 amide bonds. The van der Waals surface area contributed by atoms with Gasteiger partial charge in [-0.25, -0.2) is 0 Å². The van der Waals surface area contributed by atoms with Crippen molar-refractivity contribution in [3.8, 4) is 0 Å². The Morgan fingerprint density at radius 1 is 1.31 bits per heavy atom. The Balaban J connectivity index is 1.70. The molecule has 0 saturated heterocycles. The molecule has 0 aromatic carbocycles. The first-order valence-electron chi connectivity index (χ1n) is 6.17. The van der Waals surface area contributed by atoms with Crippen LogP contribution < -0.4 is 0 Å². The van der Waals surface area contributed by atoms with Gasteiger partial charge in [0, 0.05) is 11.8 Å². The lowest BCUT2D eigenvalue weighted by molar-refractivity contribution is -0.176. The number of carbonyl (C=O) groups is 1. The Hall–Kier alpha value is -0.830. The Kier molecular flexibility index (Phi) is 2.51. The molecule has 4 aliphatic carbocycles. The third kappa shape index (κ3) is 1.49. The number of ketones is 1. The first kappa shape index (κ1) is 10.3. The Labute approximate surface area is 95.8 Å². The molecule has 4 bridgehead atoms. The summed E-state index contributed by atoms with van der Waals surface area (Å²) in [5, 5.41) is 0. The largest absolute Gasteiger partial charge is 0.476 e. The van der Waals surface area contributed by atoms with Gasteiger partial charge in [-0.3, -0.25) is 4.79 Å². The van der Waals surface area contributed by atoms with Gasteiger partial charge in [0.15, 0.2) is 6.79 Å². The third-order valence-corrected chi connectivity index (χ3v) is 4.50. The van der Waals surface area contributed by atoms with Crippen molar-refractivity contribution < 1.29 is 14.3 Å². The smallest absolute Gasteiger partial charge is 0.188 e. The SMILES string of the molecule is C=COCOC1C2CC3CC(C2)C(=O)C1C3. The van der Waals surface area contributed by atoms with Crippen LogP contribution in [-0.2, 0) is 14.3 Å². The van der Waals surface area contributed by atoms with Crippen LogP contribution in [0.25, 0.3) is 0 Å². The molecule has 0 radical (unpaired) electrons. The van der Waals surface area contributed by atoms with Crippen molar-refractivity contribution in [3.63, 3.8) is 0 Å². The predicted molar refractivity (Wildman–Crippen MR) is 58.5 cm³/mol. The summed E-state index contributed by atoms with van der Waals surface area (Å²) >= 11 is 0. The second kappa shape index (κ2) is 3.88. The Bertz CT molecular complexity index is 312. The number of ether oxygens (including phenoxy) is 2. The van der Waals surface area contributed by atoms with E-state index < -0.39 is 0 Å². The van der Waals surface area contributed by atoms with Crippen molar-refractivity contribution >= 4 is 5.78 Å². The highest BCUT2D eigenvalue weighted by molar-refractivity contribution is 5.86. The van der Waals surface area contributed by atoms with Gasteiger partial charge in [-0.1, -0.05) is 6.58 Å². The van der Waals surface area contributed by atoms with Crippen LogP contribution in [0.4, 0.5) is 0 Å². The third-order valence-electron chi connectivity index (χ3n) is 4.50.